The molecule has 29 heavy (non-hydrogen) atoms. The maximum absolute atomic E-state index is 8.56. The smallest absolute Gasteiger partial charge is 0.154 e. The van der Waals surface area contributed by atoms with Crippen molar-refractivity contribution in [2.75, 3.05) is 0 Å². The first-order chi connectivity index (χ1) is 14.2. The summed E-state index contributed by atoms with van der Waals surface area (Å²) in [5.74, 6) is 0.475. The van der Waals surface area contributed by atoms with Gasteiger partial charge in [0.15, 0.2) is 5.84 Å². The molecule has 0 unspecified atom stereocenters. The summed E-state index contributed by atoms with van der Waals surface area (Å²) in [6, 6.07) is 36.0. The molecular weight excluding hydrogens is 354 g/mol. The number of hydrogen-bond acceptors (Lipinski definition) is 1. The van der Waals surface area contributed by atoms with E-state index >= 15 is 0 Å². The van der Waals surface area contributed by atoms with Crippen LogP contribution in [0, 0.1) is 5.41 Å². The predicted octanol–water partition coefficient (Wildman–Crippen LogP) is 5.75. The molecule has 0 radical (unpaired) electrons. The molecule has 3 nitrogen and oxygen atoms in total. The van der Waals surface area contributed by atoms with Gasteiger partial charge in [-0.3, -0.25) is 5.41 Å². The van der Waals surface area contributed by atoms with Crippen molar-refractivity contribution >= 4 is 11.7 Å². The molecule has 4 rings (SSSR count). The highest BCUT2D eigenvalue weighted by Gasteiger charge is 2.09. The van der Waals surface area contributed by atoms with Crippen LogP contribution >= 0.6 is 0 Å². The Morgan fingerprint density at radius 1 is 0.552 bits per heavy atom. The van der Waals surface area contributed by atoms with Gasteiger partial charge < -0.3 is 5.73 Å². The van der Waals surface area contributed by atoms with Crippen LogP contribution in [0.25, 0.3) is 22.3 Å². The van der Waals surface area contributed by atoms with E-state index in [1.54, 1.807) is 0 Å². The van der Waals surface area contributed by atoms with Crippen molar-refractivity contribution in [3.8, 4) is 22.3 Å². The zero-order chi connectivity index (χ0) is 20.1. The molecule has 0 aliphatic rings. The topological polar surface area (TPSA) is 62.2 Å². The van der Waals surface area contributed by atoms with E-state index in [0.29, 0.717) is 5.84 Å². The lowest BCUT2D eigenvalue weighted by Gasteiger charge is -2.10. The normalized spacial score (nSPS) is 11.2. The summed E-state index contributed by atoms with van der Waals surface area (Å²) in [6.45, 7) is 0. The van der Waals surface area contributed by atoms with Crippen molar-refractivity contribution in [2.24, 2.45) is 10.7 Å². The minimum Gasteiger partial charge on any atom is -0.383 e. The third-order valence-electron chi connectivity index (χ3n) is 4.72. The van der Waals surface area contributed by atoms with Gasteiger partial charge in [0.2, 0.25) is 0 Å². The average Bonchev–Trinajstić information content (AvgIpc) is 2.80. The molecule has 3 heteroatoms. The van der Waals surface area contributed by atoms with Crippen LogP contribution in [0.2, 0.25) is 0 Å². The quantitative estimate of drug-likeness (QED) is 0.346. The lowest BCUT2D eigenvalue weighted by atomic mass is 9.96. The highest BCUT2D eigenvalue weighted by Crippen LogP contribution is 2.28. The Hall–Kier alpha value is -3.98. The molecule has 0 saturated heterocycles. The first kappa shape index (κ1) is 18.4. The molecule has 0 spiro atoms. The van der Waals surface area contributed by atoms with Crippen LogP contribution in [0.15, 0.2) is 114 Å². The van der Waals surface area contributed by atoms with Crippen molar-refractivity contribution in [3.05, 3.63) is 120 Å². The molecule has 4 aromatic carbocycles. The average molecular weight is 375 g/mol. The zero-order valence-electron chi connectivity index (χ0n) is 15.9. The SMILES string of the molecule is N=C(/N=C(\N)c1ccccc1)c1cc(-c2ccccc2)cc(-c2ccccc2)c1. The molecule has 0 aliphatic carbocycles. The zero-order valence-corrected chi connectivity index (χ0v) is 15.9. The maximum Gasteiger partial charge on any atom is 0.154 e. The lowest BCUT2D eigenvalue weighted by molar-refractivity contribution is 1.39. The second-order valence-corrected chi connectivity index (χ2v) is 6.74. The minimum atomic E-state index is 0.140. The Kier molecular flexibility index (Phi) is 5.30. The summed E-state index contributed by atoms with van der Waals surface area (Å²) in [4.78, 5) is 4.36. The number of nitrogens with one attached hydrogen (secondary N) is 1. The molecule has 3 N–H and O–H groups in total. The molecule has 0 bridgehead atoms. The number of nitrogens with two attached hydrogens (primary N) is 1. The van der Waals surface area contributed by atoms with E-state index in [0.717, 1.165) is 33.4 Å². The van der Waals surface area contributed by atoms with Gasteiger partial charge in [0.25, 0.3) is 0 Å². The van der Waals surface area contributed by atoms with E-state index in [2.05, 4.69) is 35.3 Å². The molecule has 0 aliphatic heterocycles. The van der Waals surface area contributed by atoms with Gasteiger partial charge in [-0.1, -0.05) is 91.0 Å². The van der Waals surface area contributed by atoms with Crippen LogP contribution in [0.3, 0.4) is 0 Å². The van der Waals surface area contributed by atoms with Gasteiger partial charge in [-0.2, -0.15) is 0 Å². The van der Waals surface area contributed by atoms with Crippen molar-refractivity contribution in [1.82, 2.24) is 0 Å². The van der Waals surface area contributed by atoms with Crippen LogP contribution in [0.4, 0.5) is 0 Å². The summed E-state index contributed by atoms with van der Waals surface area (Å²) < 4.78 is 0. The van der Waals surface area contributed by atoms with Crippen LogP contribution in [-0.2, 0) is 0 Å². The van der Waals surface area contributed by atoms with Crippen LogP contribution in [0.1, 0.15) is 11.1 Å². The van der Waals surface area contributed by atoms with E-state index in [1.807, 2.05) is 78.9 Å². The summed E-state index contributed by atoms with van der Waals surface area (Å²) in [6.07, 6.45) is 0. The maximum atomic E-state index is 8.56. The molecular formula is C26H21N3. The van der Waals surface area contributed by atoms with Gasteiger partial charge in [0.1, 0.15) is 5.84 Å². The van der Waals surface area contributed by atoms with E-state index in [9.17, 15) is 0 Å². The summed E-state index contributed by atoms with van der Waals surface area (Å²) in [7, 11) is 0. The van der Waals surface area contributed by atoms with Gasteiger partial charge in [-0.05, 0) is 40.5 Å². The van der Waals surface area contributed by atoms with Crippen LogP contribution < -0.4 is 5.73 Å². The first-order valence-electron chi connectivity index (χ1n) is 9.45. The number of aliphatic imine (C=N–C) groups is 1. The Bertz CT molecular complexity index is 1090. The monoisotopic (exact) mass is 375 g/mol. The molecule has 0 atom stereocenters. The standard InChI is InChI=1S/C26H21N3/c27-25(21-14-8-3-9-15-21)29-26(28)24-17-22(19-10-4-1-5-11-19)16-23(18-24)20-12-6-2-7-13-20/h1-18H,(H3,27,28,29). The van der Waals surface area contributed by atoms with Gasteiger partial charge >= 0.3 is 0 Å². The molecule has 0 aromatic heterocycles. The van der Waals surface area contributed by atoms with Crippen molar-refractivity contribution in [1.29, 1.82) is 5.41 Å². The second kappa shape index (κ2) is 8.36. The number of hydrogen-bond donors (Lipinski definition) is 2. The third-order valence-corrected chi connectivity index (χ3v) is 4.72. The minimum absolute atomic E-state index is 0.140. The fourth-order valence-electron chi connectivity index (χ4n) is 3.22. The molecule has 4 aromatic rings. The third kappa shape index (κ3) is 4.30. The highest BCUT2D eigenvalue weighted by molar-refractivity contribution is 6.10. The van der Waals surface area contributed by atoms with Crippen molar-refractivity contribution in [3.63, 3.8) is 0 Å². The fraction of sp³-hybridized carbons (Fsp3) is 0. The summed E-state index contributed by atoms with van der Waals surface area (Å²) in [5.41, 5.74) is 11.9. The Morgan fingerprint density at radius 2 is 1.00 bits per heavy atom. The van der Waals surface area contributed by atoms with Crippen molar-refractivity contribution < 1.29 is 0 Å². The van der Waals surface area contributed by atoms with Gasteiger partial charge in [-0.25, -0.2) is 4.99 Å². The Balaban J connectivity index is 1.79. The summed E-state index contributed by atoms with van der Waals surface area (Å²) >= 11 is 0. The largest absolute Gasteiger partial charge is 0.383 e. The predicted molar refractivity (Wildman–Crippen MR) is 121 cm³/mol. The second-order valence-electron chi connectivity index (χ2n) is 6.74. The first-order valence-corrected chi connectivity index (χ1v) is 9.45. The Labute approximate surface area is 170 Å². The van der Waals surface area contributed by atoms with Crippen LogP contribution in [0.5, 0.6) is 0 Å². The number of rotatable bonds is 4. The number of benzene rings is 4. The highest BCUT2D eigenvalue weighted by atomic mass is 14.9. The number of nitrogens with zero attached hydrogens (tertiary/aromatic N) is 1. The van der Waals surface area contributed by atoms with E-state index in [-0.39, 0.29) is 5.84 Å². The van der Waals surface area contributed by atoms with Crippen molar-refractivity contribution in [2.45, 2.75) is 0 Å². The van der Waals surface area contributed by atoms with Gasteiger partial charge in [0.05, 0.1) is 0 Å². The molecule has 0 fully saturated rings. The lowest BCUT2D eigenvalue weighted by Crippen LogP contribution is -2.15. The summed E-state index contributed by atoms with van der Waals surface area (Å²) in [5, 5.41) is 8.56. The van der Waals surface area contributed by atoms with E-state index < -0.39 is 0 Å². The van der Waals surface area contributed by atoms with Gasteiger partial charge in [-0.15, -0.1) is 0 Å². The molecule has 0 saturated carbocycles. The molecule has 0 amide bonds. The number of amidine groups is 2. The Morgan fingerprint density at radius 3 is 1.48 bits per heavy atom. The van der Waals surface area contributed by atoms with Gasteiger partial charge in [0, 0.05) is 11.1 Å². The molecule has 140 valence electrons. The fourth-order valence-corrected chi connectivity index (χ4v) is 3.22. The van der Waals surface area contributed by atoms with Crippen LogP contribution in [-0.4, -0.2) is 11.7 Å². The molecule has 0 heterocycles. The van der Waals surface area contributed by atoms with E-state index in [1.165, 1.54) is 0 Å². The van der Waals surface area contributed by atoms with E-state index in [4.69, 9.17) is 11.1 Å².